The number of carbonyl (C=O) groups excluding carboxylic acids is 1. The molecule has 2 aromatic carbocycles. The molecule has 0 aliphatic rings. The summed E-state index contributed by atoms with van der Waals surface area (Å²) in [6.07, 6.45) is -3.94. The second kappa shape index (κ2) is 9.55. The van der Waals surface area contributed by atoms with E-state index in [0.717, 1.165) is 29.7 Å². The van der Waals surface area contributed by atoms with Crippen molar-refractivity contribution in [1.82, 2.24) is 4.57 Å². The van der Waals surface area contributed by atoms with Crippen LogP contribution in [0.2, 0.25) is 0 Å². The number of esters is 1. The quantitative estimate of drug-likeness (QED) is 0.205. The van der Waals surface area contributed by atoms with Crippen molar-refractivity contribution in [2.24, 2.45) is 0 Å². The van der Waals surface area contributed by atoms with Gasteiger partial charge in [-0.1, -0.05) is 24.3 Å². The molecule has 4 aromatic rings. The van der Waals surface area contributed by atoms with Crippen molar-refractivity contribution in [3.63, 3.8) is 0 Å². The Kier molecular flexibility index (Phi) is 6.80. The van der Waals surface area contributed by atoms with Crippen LogP contribution in [0.15, 0.2) is 71.6 Å². The number of alkyl halides is 3. The minimum Gasteiger partial charge on any atom is -0.462 e. The summed E-state index contributed by atoms with van der Waals surface area (Å²) in [5.74, 6) is -2.09. The maximum atomic E-state index is 14.8. The lowest BCUT2D eigenvalue weighted by Crippen LogP contribution is -2.18. The Morgan fingerprint density at radius 3 is 2.33 bits per heavy atom. The van der Waals surface area contributed by atoms with Crippen LogP contribution in [-0.4, -0.2) is 31.8 Å². The number of ether oxygens (including phenoxy) is 1. The van der Waals surface area contributed by atoms with E-state index in [1.807, 2.05) is 0 Å². The van der Waals surface area contributed by atoms with E-state index in [1.54, 1.807) is 18.2 Å². The molecule has 2 aromatic heterocycles. The molecule has 11 heteroatoms. The first-order valence-electron chi connectivity index (χ1n) is 10.6. The van der Waals surface area contributed by atoms with Crippen LogP contribution in [-0.2, 0) is 20.8 Å². The molecule has 0 amide bonds. The van der Waals surface area contributed by atoms with Crippen LogP contribution in [0.4, 0.5) is 17.6 Å². The van der Waals surface area contributed by atoms with Gasteiger partial charge in [0.05, 0.1) is 33.3 Å². The Balaban J connectivity index is 1.96. The molecule has 0 aliphatic heterocycles. The van der Waals surface area contributed by atoms with E-state index in [2.05, 4.69) is 0 Å². The first-order valence-corrected chi connectivity index (χ1v) is 13.3. The highest BCUT2D eigenvalue weighted by Crippen LogP contribution is 2.43. The molecule has 188 valence electrons. The lowest BCUT2D eigenvalue weighted by Gasteiger charge is -2.16. The molecule has 2 heterocycles. The number of carbonyl (C=O) groups is 1. The van der Waals surface area contributed by atoms with Crippen molar-refractivity contribution in [2.45, 2.75) is 18.0 Å². The fourth-order valence-electron chi connectivity index (χ4n) is 3.73. The molecular weight excluding hydrogens is 518 g/mol. The van der Waals surface area contributed by atoms with Gasteiger partial charge in [0.1, 0.15) is 11.5 Å². The monoisotopic (exact) mass is 537 g/mol. The number of benzene rings is 2. The Bertz CT molecular complexity index is 1550. The summed E-state index contributed by atoms with van der Waals surface area (Å²) >= 11 is 1.07. The van der Waals surface area contributed by atoms with Gasteiger partial charge in [-0.15, -0.1) is 11.3 Å². The standard InChI is InChI=1S/C25H19F4NO4S2/c1-3-34-24(31)17-14-20(30(23(17)25(27,28)29)19-10-5-4-9-18(19)26)22-12-11-21(35-22)15-7-6-8-16(13-15)36(2,32)33/h4-14H,3H2,1-2H3. The van der Waals surface area contributed by atoms with E-state index in [1.165, 1.54) is 43.3 Å². The number of sulfone groups is 1. The zero-order valence-corrected chi connectivity index (χ0v) is 20.6. The lowest BCUT2D eigenvalue weighted by molar-refractivity contribution is -0.142. The highest BCUT2D eigenvalue weighted by atomic mass is 32.2. The zero-order chi connectivity index (χ0) is 26.3. The fourth-order valence-corrected chi connectivity index (χ4v) is 5.41. The van der Waals surface area contributed by atoms with Crippen molar-refractivity contribution in [3.8, 4) is 26.7 Å². The maximum Gasteiger partial charge on any atom is 0.432 e. The molecular formula is C25H19F4NO4S2. The van der Waals surface area contributed by atoms with Crippen molar-refractivity contribution in [3.05, 3.63) is 83.8 Å². The first-order chi connectivity index (χ1) is 16.9. The molecule has 5 nitrogen and oxygen atoms in total. The summed E-state index contributed by atoms with van der Waals surface area (Å²) in [7, 11) is -3.48. The largest absolute Gasteiger partial charge is 0.462 e. The summed E-state index contributed by atoms with van der Waals surface area (Å²) in [6, 6.07) is 15.3. The summed E-state index contributed by atoms with van der Waals surface area (Å²) in [5.41, 5.74) is -2.00. The Morgan fingerprint density at radius 2 is 1.69 bits per heavy atom. The van der Waals surface area contributed by atoms with Gasteiger partial charge in [-0.05, 0) is 55.0 Å². The van der Waals surface area contributed by atoms with Gasteiger partial charge in [0.2, 0.25) is 0 Å². The predicted octanol–water partition coefficient (Wildman–Crippen LogP) is 6.61. The van der Waals surface area contributed by atoms with Crippen LogP contribution in [0.1, 0.15) is 23.0 Å². The normalized spacial score (nSPS) is 12.1. The Hall–Kier alpha value is -3.44. The third kappa shape index (κ3) is 4.93. The van der Waals surface area contributed by atoms with Crippen LogP contribution in [0.3, 0.4) is 0 Å². The molecule has 0 saturated carbocycles. The van der Waals surface area contributed by atoms with Crippen molar-refractivity contribution >= 4 is 27.1 Å². The van der Waals surface area contributed by atoms with Crippen LogP contribution >= 0.6 is 11.3 Å². The summed E-state index contributed by atoms with van der Waals surface area (Å²) in [6.45, 7) is 1.33. The van der Waals surface area contributed by atoms with Crippen LogP contribution < -0.4 is 0 Å². The number of hydrogen-bond acceptors (Lipinski definition) is 5. The SMILES string of the molecule is CCOC(=O)c1cc(-c2ccc(-c3cccc(S(C)(=O)=O)c3)s2)n(-c2ccccc2F)c1C(F)(F)F. The van der Waals surface area contributed by atoms with Crippen molar-refractivity contribution in [1.29, 1.82) is 0 Å². The highest BCUT2D eigenvalue weighted by molar-refractivity contribution is 7.90. The summed E-state index contributed by atoms with van der Waals surface area (Å²) in [5, 5.41) is 0. The Morgan fingerprint density at radius 1 is 1.00 bits per heavy atom. The number of halogens is 4. The molecule has 36 heavy (non-hydrogen) atoms. The van der Waals surface area contributed by atoms with Crippen molar-refractivity contribution < 1.29 is 35.5 Å². The number of hydrogen-bond donors (Lipinski definition) is 0. The van der Waals surface area contributed by atoms with Crippen LogP contribution in [0.5, 0.6) is 0 Å². The molecule has 0 radical (unpaired) electrons. The topological polar surface area (TPSA) is 65.4 Å². The predicted molar refractivity (Wildman–Crippen MR) is 129 cm³/mol. The van der Waals surface area contributed by atoms with Crippen LogP contribution in [0.25, 0.3) is 26.7 Å². The minimum atomic E-state index is -5.01. The van der Waals surface area contributed by atoms with Gasteiger partial charge >= 0.3 is 12.1 Å². The van der Waals surface area contributed by atoms with E-state index in [0.29, 0.717) is 19.9 Å². The highest BCUT2D eigenvalue weighted by Gasteiger charge is 2.42. The van der Waals surface area contributed by atoms with Gasteiger partial charge in [-0.25, -0.2) is 17.6 Å². The number of para-hydroxylation sites is 1. The second-order valence-corrected chi connectivity index (χ2v) is 10.9. The minimum absolute atomic E-state index is 0.0639. The van der Waals surface area contributed by atoms with E-state index in [-0.39, 0.29) is 22.9 Å². The van der Waals surface area contributed by atoms with Gasteiger partial charge in [-0.3, -0.25) is 0 Å². The molecule has 0 fully saturated rings. The van der Waals surface area contributed by atoms with Crippen molar-refractivity contribution in [2.75, 3.05) is 12.9 Å². The molecule has 0 unspecified atom stereocenters. The summed E-state index contributed by atoms with van der Waals surface area (Å²) in [4.78, 5) is 13.5. The fraction of sp³-hybridized carbons (Fsp3) is 0.160. The third-order valence-electron chi connectivity index (χ3n) is 5.26. The second-order valence-electron chi connectivity index (χ2n) is 7.76. The van der Waals surface area contributed by atoms with Gasteiger partial charge in [-0.2, -0.15) is 13.2 Å². The van der Waals surface area contributed by atoms with Crippen LogP contribution in [0, 0.1) is 5.82 Å². The summed E-state index contributed by atoms with van der Waals surface area (Å²) < 4.78 is 87.0. The van der Waals surface area contributed by atoms with E-state index >= 15 is 0 Å². The average Bonchev–Trinajstić information content (AvgIpc) is 3.44. The molecule has 0 bridgehead atoms. The van der Waals surface area contributed by atoms with E-state index in [9.17, 15) is 30.8 Å². The molecule has 0 N–H and O–H groups in total. The number of thiophene rings is 1. The molecule has 0 spiro atoms. The smallest absolute Gasteiger partial charge is 0.432 e. The zero-order valence-electron chi connectivity index (χ0n) is 19.0. The maximum absolute atomic E-state index is 14.8. The Labute approximate surface area is 208 Å². The van der Waals surface area contributed by atoms with Gasteiger partial charge in [0.15, 0.2) is 9.84 Å². The van der Waals surface area contributed by atoms with E-state index < -0.39 is 39.1 Å². The van der Waals surface area contributed by atoms with Gasteiger partial charge < -0.3 is 9.30 Å². The first kappa shape index (κ1) is 25.6. The number of aromatic nitrogens is 1. The van der Waals surface area contributed by atoms with Gasteiger partial charge in [0.25, 0.3) is 0 Å². The molecule has 4 rings (SSSR count). The van der Waals surface area contributed by atoms with E-state index in [4.69, 9.17) is 4.74 Å². The number of nitrogens with zero attached hydrogens (tertiary/aromatic N) is 1. The van der Waals surface area contributed by atoms with Gasteiger partial charge in [0, 0.05) is 11.1 Å². The molecule has 0 saturated heterocycles. The number of rotatable bonds is 6. The molecule has 0 atom stereocenters. The average molecular weight is 538 g/mol. The molecule has 0 aliphatic carbocycles. The third-order valence-corrected chi connectivity index (χ3v) is 7.53. The lowest BCUT2D eigenvalue weighted by atomic mass is 10.2.